The summed E-state index contributed by atoms with van der Waals surface area (Å²) >= 11 is 0. The van der Waals surface area contributed by atoms with E-state index in [-0.39, 0.29) is 18.8 Å². The molecule has 2 rings (SSSR count). The minimum Gasteiger partial charge on any atom is -0.396 e. The molecular weight excluding hydrogens is 248 g/mol. The maximum Gasteiger partial charge on any atom is 0.178 e. The average Bonchev–Trinajstić information content (AvgIpc) is 2.35. The van der Waals surface area contributed by atoms with Gasteiger partial charge in [-0.25, -0.2) is 8.42 Å². The van der Waals surface area contributed by atoms with Crippen molar-refractivity contribution in [2.24, 2.45) is 0 Å². The molecule has 3 nitrogen and oxygen atoms in total. The van der Waals surface area contributed by atoms with Gasteiger partial charge in [-0.3, -0.25) is 0 Å². The Bertz CT molecular complexity index is 660. The van der Waals surface area contributed by atoms with E-state index in [1.54, 1.807) is 12.1 Å². The third kappa shape index (κ3) is 2.71. The predicted molar refractivity (Wildman–Crippen MR) is 72.4 cm³/mol. The van der Waals surface area contributed by atoms with Crippen LogP contribution in [0.4, 0.5) is 0 Å². The van der Waals surface area contributed by atoms with Crippen LogP contribution in [-0.2, 0) is 9.84 Å². The quantitative estimate of drug-likeness (QED) is 0.922. The highest BCUT2D eigenvalue weighted by molar-refractivity contribution is 7.91. The van der Waals surface area contributed by atoms with Crippen LogP contribution in [0.1, 0.15) is 12.0 Å². The number of sulfone groups is 1. The van der Waals surface area contributed by atoms with E-state index >= 15 is 0 Å². The molecule has 0 spiro atoms. The lowest BCUT2D eigenvalue weighted by Gasteiger charge is -2.06. The lowest BCUT2D eigenvalue weighted by atomic mass is 10.1. The summed E-state index contributed by atoms with van der Waals surface area (Å²) in [5.74, 6) is -0.0130. The molecule has 0 aliphatic rings. The number of fused-ring (bicyclic) bond motifs is 1. The molecule has 96 valence electrons. The van der Waals surface area contributed by atoms with Gasteiger partial charge in [0, 0.05) is 6.61 Å². The van der Waals surface area contributed by atoms with E-state index in [1.165, 1.54) is 0 Å². The van der Waals surface area contributed by atoms with Crippen molar-refractivity contribution >= 4 is 20.6 Å². The summed E-state index contributed by atoms with van der Waals surface area (Å²) in [5, 5.41) is 10.7. The van der Waals surface area contributed by atoms with Crippen LogP contribution in [0.25, 0.3) is 10.8 Å². The van der Waals surface area contributed by atoms with Crippen LogP contribution in [-0.4, -0.2) is 25.9 Å². The third-order valence-corrected chi connectivity index (χ3v) is 4.70. The number of aryl methyl sites for hydroxylation is 1. The summed E-state index contributed by atoms with van der Waals surface area (Å²) in [5.41, 5.74) is 1.15. The van der Waals surface area contributed by atoms with Crippen LogP contribution in [0.3, 0.4) is 0 Å². The first-order chi connectivity index (χ1) is 8.53. The van der Waals surface area contributed by atoms with Crippen LogP contribution < -0.4 is 0 Å². The number of rotatable bonds is 4. The number of benzene rings is 2. The summed E-state index contributed by atoms with van der Waals surface area (Å²) < 4.78 is 24.0. The number of aliphatic hydroxyl groups excluding tert-OH is 1. The van der Waals surface area contributed by atoms with E-state index in [1.807, 2.05) is 31.2 Å². The molecule has 18 heavy (non-hydrogen) atoms. The summed E-state index contributed by atoms with van der Waals surface area (Å²) in [4.78, 5) is 0.326. The van der Waals surface area contributed by atoms with Crippen LogP contribution in [0.15, 0.2) is 41.3 Å². The second-order valence-electron chi connectivity index (χ2n) is 4.41. The Morgan fingerprint density at radius 3 is 2.44 bits per heavy atom. The highest BCUT2D eigenvalue weighted by Crippen LogP contribution is 2.21. The second-order valence-corrected chi connectivity index (χ2v) is 6.52. The molecule has 4 heteroatoms. The van der Waals surface area contributed by atoms with Crippen molar-refractivity contribution in [2.75, 3.05) is 12.4 Å². The van der Waals surface area contributed by atoms with Gasteiger partial charge in [-0.05, 0) is 36.2 Å². The monoisotopic (exact) mass is 264 g/mol. The van der Waals surface area contributed by atoms with Gasteiger partial charge < -0.3 is 5.11 Å². The van der Waals surface area contributed by atoms with Crippen LogP contribution in [0.5, 0.6) is 0 Å². The fourth-order valence-corrected chi connectivity index (χ4v) is 3.24. The average molecular weight is 264 g/mol. The molecule has 2 aromatic rings. The van der Waals surface area contributed by atoms with E-state index in [0.29, 0.717) is 4.90 Å². The van der Waals surface area contributed by atoms with Gasteiger partial charge in [0.05, 0.1) is 10.6 Å². The van der Waals surface area contributed by atoms with E-state index in [9.17, 15) is 8.42 Å². The van der Waals surface area contributed by atoms with Gasteiger partial charge in [0.1, 0.15) is 0 Å². The molecule has 0 fully saturated rings. The second kappa shape index (κ2) is 5.08. The normalized spacial score (nSPS) is 11.9. The Morgan fingerprint density at radius 1 is 1.06 bits per heavy atom. The van der Waals surface area contributed by atoms with E-state index in [2.05, 4.69) is 0 Å². The lowest BCUT2D eigenvalue weighted by molar-refractivity contribution is 0.295. The first-order valence-electron chi connectivity index (χ1n) is 5.87. The Morgan fingerprint density at radius 2 is 1.72 bits per heavy atom. The van der Waals surface area contributed by atoms with E-state index < -0.39 is 9.84 Å². The van der Waals surface area contributed by atoms with Crippen LogP contribution in [0.2, 0.25) is 0 Å². The van der Waals surface area contributed by atoms with Crippen molar-refractivity contribution in [1.29, 1.82) is 0 Å². The van der Waals surface area contributed by atoms with Crippen LogP contribution >= 0.6 is 0 Å². The molecule has 0 saturated heterocycles. The number of aliphatic hydroxyl groups is 1. The van der Waals surface area contributed by atoms with Gasteiger partial charge in [-0.2, -0.15) is 0 Å². The molecule has 0 aliphatic carbocycles. The first kappa shape index (κ1) is 13.1. The molecule has 0 unspecified atom stereocenters. The molecule has 0 aliphatic heterocycles. The fraction of sp³-hybridized carbons (Fsp3) is 0.286. The topological polar surface area (TPSA) is 54.4 Å². The highest BCUT2D eigenvalue weighted by atomic mass is 32.2. The van der Waals surface area contributed by atoms with Crippen LogP contribution in [0, 0.1) is 6.92 Å². The summed E-state index contributed by atoms with van der Waals surface area (Å²) in [6.45, 7) is 1.90. The number of hydrogen-bond acceptors (Lipinski definition) is 3. The standard InChI is InChI=1S/C14H16O3S/c1-11-3-4-13-10-14(6-5-12(13)9-11)18(16,17)8-2-7-15/h3-6,9-10,15H,2,7-8H2,1H3. The molecule has 0 heterocycles. The molecule has 2 aromatic carbocycles. The summed E-state index contributed by atoms with van der Waals surface area (Å²) in [6.07, 6.45) is 0.272. The molecule has 0 amide bonds. The third-order valence-electron chi connectivity index (χ3n) is 2.90. The molecule has 1 N–H and O–H groups in total. The molecule has 0 saturated carbocycles. The molecule has 0 atom stereocenters. The zero-order chi connectivity index (χ0) is 13.2. The van der Waals surface area contributed by atoms with Gasteiger partial charge in [-0.15, -0.1) is 0 Å². The van der Waals surface area contributed by atoms with E-state index in [0.717, 1.165) is 16.3 Å². The Kier molecular flexibility index (Phi) is 3.68. The molecule has 0 bridgehead atoms. The van der Waals surface area contributed by atoms with Crippen molar-refractivity contribution in [3.63, 3.8) is 0 Å². The van der Waals surface area contributed by atoms with Gasteiger partial charge in [-0.1, -0.05) is 29.8 Å². The van der Waals surface area contributed by atoms with Crippen molar-refractivity contribution in [3.8, 4) is 0 Å². The fourth-order valence-electron chi connectivity index (χ4n) is 1.91. The van der Waals surface area contributed by atoms with Gasteiger partial charge >= 0.3 is 0 Å². The zero-order valence-electron chi connectivity index (χ0n) is 10.3. The van der Waals surface area contributed by atoms with Gasteiger partial charge in [0.15, 0.2) is 9.84 Å². The molecule has 0 radical (unpaired) electrons. The zero-order valence-corrected chi connectivity index (χ0v) is 11.1. The lowest BCUT2D eigenvalue weighted by Crippen LogP contribution is -2.08. The minimum absolute atomic E-state index is 0.0130. The van der Waals surface area contributed by atoms with Gasteiger partial charge in [0.2, 0.25) is 0 Å². The first-order valence-corrected chi connectivity index (χ1v) is 7.52. The smallest absolute Gasteiger partial charge is 0.178 e. The van der Waals surface area contributed by atoms with Crippen molar-refractivity contribution in [1.82, 2.24) is 0 Å². The van der Waals surface area contributed by atoms with Crippen molar-refractivity contribution in [3.05, 3.63) is 42.0 Å². The van der Waals surface area contributed by atoms with E-state index in [4.69, 9.17) is 5.11 Å². The Hall–Kier alpha value is -1.39. The molecular formula is C14H16O3S. The van der Waals surface area contributed by atoms with Gasteiger partial charge in [0.25, 0.3) is 0 Å². The van der Waals surface area contributed by atoms with Crippen molar-refractivity contribution < 1.29 is 13.5 Å². The maximum absolute atomic E-state index is 12.0. The summed E-state index contributed by atoms with van der Waals surface area (Å²) in [7, 11) is -3.28. The number of hydrogen-bond donors (Lipinski definition) is 1. The Balaban J connectivity index is 2.44. The predicted octanol–water partition coefficient (Wildman–Crippen LogP) is 2.30. The largest absolute Gasteiger partial charge is 0.396 e. The SMILES string of the molecule is Cc1ccc2cc(S(=O)(=O)CCCO)ccc2c1. The summed E-state index contributed by atoms with van der Waals surface area (Å²) in [6, 6.07) is 11.1. The highest BCUT2D eigenvalue weighted by Gasteiger charge is 2.14. The maximum atomic E-state index is 12.0. The van der Waals surface area contributed by atoms with Crippen molar-refractivity contribution in [2.45, 2.75) is 18.2 Å². The Labute approximate surface area is 107 Å². The molecule has 0 aromatic heterocycles. The minimum atomic E-state index is -3.28.